The Balaban J connectivity index is 1.38. The standard InChI is InChI=1S/C22H20N4O2S/c1-24-18(14-15-6-2-3-7-16(15)21(24)27)22(28)26-12-10-25(11-13-26)20-17-8-4-5-9-19(17)29-23-20/h2-9,14H,10-13H2,1H3. The molecular weight excluding hydrogens is 384 g/mol. The van der Waals surface area contributed by atoms with Gasteiger partial charge in [0.15, 0.2) is 0 Å². The third-order valence-electron chi connectivity index (χ3n) is 5.59. The summed E-state index contributed by atoms with van der Waals surface area (Å²) in [6, 6.07) is 17.4. The average molecular weight is 404 g/mol. The largest absolute Gasteiger partial charge is 0.352 e. The molecule has 1 saturated heterocycles. The number of piperazine rings is 1. The van der Waals surface area contributed by atoms with E-state index in [4.69, 9.17) is 0 Å². The van der Waals surface area contributed by atoms with Crippen LogP contribution < -0.4 is 10.5 Å². The third-order valence-corrected chi connectivity index (χ3v) is 6.41. The van der Waals surface area contributed by atoms with Crippen LogP contribution in [0.15, 0.2) is 59.4 Å². The molecule has 0 spiro atoms. The highest BCUT2D eigenvalue weighted by Gasteiger charge is 2.26. The van der Waals surface area contributed by atoms with E-state index in [1.54, 1.807) is 13.1 Å². The molecule has 1 amide bonds. The molecule has 4 aromatic rings. The molecule has 0 bridgehead atoms. The number of benzene rings is 2. The van der Waals surface area contributed by atoms with Gasteiger partial charge in [-0.3, -0.25) is 9.59 Å². The van der Waals surface area contributed by atoms with Crippen LogP contribution in [0.3, 0.4) is 0 Å². The van der Waals surface area contributed by atoms with Gasteiger partial charge in [0.1, 0.15) is 11.5 Å². The minimum Gasteiger partial charge on any atom is -0.352 e. The molecule has 0 unspecified atom stereocenters. The van der Waals surface area contributed by atoms with Gasteiger partial charge in [-0.2, -0.15) is 4.37 Å². The maximum absolute atomic E-state index is 13.2. The zero-order valence-corrected chi connectivity index (χ0v) is 16.9. The second-order valence-electron chi connectivity index (χ2n) is 7.26. The number of aromatic nitrogens is 2. The van der Waals surface area contributed by atoms with Gasteiger partial charge in [0.05, 0.1) is 4.70 Å². The molecule has 2 aromatic heterocycles. The van der Waals surface area contributed by atoms with Crippen molar-refractivity contribution in [3.63, 3.8) is 0 Å². The molecule has 0 aliphatic carbocycles. The molecule has 6 nitrogen and oxygen atoms in total. The first-order chi connectivity index (χ1) is 14.1. The van der Waals surface area contributed by atoms with E-state index in [9.17, 15) is 9.59 Å². The number of carbonyl (C=O) groups is 1. The third kappa shape index (κ3) is 2.98. The van der Waals surface area contributed by atoms with Crippen LogP contribution in [0.4, 0.5) is 5.82 Å². The summed E-state index contributed by atoms with van der Waals surface area (Å²) < 4.78 is 7.26. The minimum atomic E-state index is -0.140. The Morgan fingerprint density at radius 3 is 2.45 bits per heavy atom. The van der Waals surface area contributed by atoms with E-state index in [2.05, 4.69) is 21.4 Å². The number of hydrogen-bond donors (Lipinski definition) is 0. The van der Waals surface area contributed by atoms with Crippen LogP contribution >= 0.6 is 11.5 Å². The predicted octanol–water partition coefficient (Wildman–Crippen LogP) is 3.11. The van der Waals surface area contributed by atoms with E-state index in [0.717, 1.165) is 29.7 Å². The Kier molecular flexibility index (Phi) is 4.32. The molecule has 1 fully saturated rings. The van der Waals surface area contributed by atoms with Crippen molar-refractivity contribution in [3.8, 4) is 0 Å². The Hall–Kier alpha value is -3.19. The molecule has 0 N–H and O–H groups in total. The van der Waals surface area contributed by atoms with Gasteiger partial charge < -0.3 is 14.4 Å². The van der Waals surface area contributed by atoms with Crippen LogP contribution in [-0.4, -0.2) is 45.9 Å². The van der Waals surface area contributed by atoms with Gasteiger partial charge in [0, 0.05) is 44.0 Å². The SMILES string of the molecule is Cn1c(C(=O)N2CCN(c3nsc4ccccc34)CC2)cc2ccccc2c1=O. The van der Waals surface area contributed by atoms with Crippen molar-refractivity contribution in [1.82, 2.24) is 13.8 Å². The fraction of sp³-hybridized carbons (Fsp3) is 0.227. The maximum Gasteiger partial charge on any atom is 0.270 e. The summed E-state index contributed by atoms with van der Waals surface area (Å²) in [6.07, 6.45) is 0. The number of nitrogens with zero attached hydrogens (tertiary/aromatic N) is 4. The molecule has 3 heterocycles. The summed E-state index contributed by atoms with van der Waals surface area (Å²) in [4.78, 5) is 29.9. The van der Waals surface area contributed by atoms with Crippen LogP contribution in [0, 0.1) is 0 Å². The first kappa shape index (κ1) is 17.9. The summed E-state index contributed by atoms with van der Waals surface area (Å²) in [5, 5.41) is 2.59. The molecule has 0 radical (unpaired) electrons. The highest BCUT2D eigenvalue weighted by molar-refractivity contribution is 7.13. The Bertz CT molecular complexity index is 1280. The Morgan fingerprint density at radius 1 is 0.966 bits per heavy atom. The Morgan fingerprint density at radius 2 is 1.66 bits per heavy atom. The van der Waals surface area contributed by atoms with Crippen LogP contribution in [0.25, 0.3) is 20.9 Å². The smallest absolute Gasteiger partial charge is 0.270 e. The molecular formula is C22H20N4O2S. The number of rotatable bonds is 2. The lowest BCUT2D eigenvalue weighted by atomic mass is 10.1. The maximum atomic E-state index is 13.2. The van der Waals surface area contributed by atoms with E-state index in [1.165, 1.54) is 20.8 Å². The summed E-state index contributed by atoms with van der Waals surface area (Å²) in [7, 11) is 1.67. The first-order valence-corrected chi connectivity index (χ1v) is 10.4. The van der Waals surface area contributed by atoms with Crippen LogP contribution in [0.2, 0.25) is 0 Å². The van der Waals surface area contributed by atoms with Crippen molar-refractivity contribution < 1.29 is 4.79 Å². The van der Waals surface area contributed by atoms with Gasteiger partial charge >= 0.3 is 0 Å². The predicted molar refractivity (Wildman–Crippen MR) is 117 cm³/mol. The normalized spacial score (nSPS) is 14.7. The Labute approximate surface area is 171 Å². The van der Waals surface area contributed by atoms with Crippen molar-refractivity contribution >= 4 is 44.1 Å². The van der Waals surface area contributed by atoms with E-state index >= 15 is 0 Å². The zero-order valence-electron chi connectivity index (χ0n) is 16.0. The number of pyridine rings is 1. The van der Waals surface area contributed by atoms with Gasteiger partial charge in [0.2, 0.25) is 0 Å². The van der Waals surface area contributed by atoms with Gasteiger partial charge in [-0.05, 0) is 41.2 Å². The van der Waals surface area contributed by atoms with E-state index < -0.39 is 0 Å². The highest BCUT2D eigenvalue weighted by Crippen LogP contribution is 2.30. The van der Waals surface area contributed by atoms with Crippen molar-refractivity contribution in [3.05, 3.63) is 70.6 Å². The summed E-state index contributed by atoms with van der Waals surface area (Å²) in [6.45, 7) is 2.65. The molecule has 0 saturated carbocycles. The average Bonchev–Trinajstić information content (AvgIpc) is 3.20. The van der Waals surface area contributed by atoms with Crippen LogP contribution in [0.1, 0.15) is 10.5 Å². The van der Waals surface area contributed by atoms with Gasteiger partial charge in [-0.15, -0.1) is 0 Å². The summed E-state index contributed by atoms with van der Waals surface area (Å²) in [5.74, 6) is 0.897. The lowest BCUT2D eigenvalue weighted by Gasteiger charge is -2.35. The number of fused-ring (bicyclic) bond motifs is 2. The number of hydrogen-bond acceptors (Lipinski definition) is 5. The summed E-state index contributed by atoms with van der Waals surface area (Å²) >= 11 is 1.51. The van der Waals surface area contributed by atoms with E-state index in [0.29, 0.717) is 24.2 Å². The summed E-state index contributed by atoms with van der Waals surface area (Å²) in [5.41, 5.74) is 0.292. The fourth-order valence-electron chi connectivity index (χ4n) is 3.94. The molecule has 0 atom stereocenters. The molecule has 7 heteroatoms. The molecule has 1 aliphatic heterocycles. The van der Waals surface area contributed by atoms with Crippen molar-refractivity contribution in [2.24, 2.45) is 7.05 Å². The fourth-order valence-corrected chi connectivity index (χ4v) is 4.74. The molecule has 1 aliphatic rings. The minimum absolute atomic E-state index is 0.0989. The second kappa shape index (κ2) is 7.00. The number of carbonyl (C=O) groups excluding carboxylic acids is 1. The van der Waals surface area contributed by atoms with Gasteiger partial charge in [0.25, 0.3) is 11.5 Å². The topological polar surface area (TPSA) is 58.4 Å². The van der Waals surface area contributed by atoms with Crippen LogP contribution in [0.5, 0.6) is 0 Å². The van der Waals surface area contributed by atoms with Gasteiger partial charge in [-0.1, -0.05) is 30.3 Å². The van der Waals surface area contributed by atoms with Crippen LogP contribution in [-0.2, 0) is 7.05 Å². The van der Waals surface area contributed by atoms with E-state index in [1.807, 2.05) is 41.3 Å². The highest BCUT2D eigenvalue weighted by atomic mass is 32.1. The lowest BCUT2D eigenvalue weighted by Crippen LogP contribution is -2.49. The molecule has 29 heavy (non-hydrogen) atoms. The quantitative estimate of drug-likeness (QED) is 0.515. The van der Waals surface area contributed by atoms with E-state index in [-0.39, 0.29) is 11.5 Å². The van der Waals surface area contributed by atoms with Crippen molar-refractivity contribution in [2.45, 2.75) is 0 Å². The lowest BCUT2D eigenvalue weighted by molar-refractivity contribution is 0.0736. The second-order valence-corrected chi connectivity index (χ2v) is 8.07. The molecule has 5 rings (SSSR count). The molecule has 146 valence electrons. The first-order valence-electron chi connectivity index (χ1n) is 9.61. The molecule has 2 aromatic carbocycles. The number of amides is 1. The zero-order chi connectivity index (χ0) is 20.0. The monoisotopic (exact) mass is 404 g/mol. The number of anilines is 1. The van der Waals surface area contributed by atoms with Crippen molar-refractivity contribution in [2.75, 3.05) is 31.1 Å². The van der Waals surface area contributed by atoms with Crippen molar-refractivity contribution in [1.29, 1.82) is 0 Å². The van der Waals surface area contributed by atoms with Gasteiger partial charge in [-0.25, -0.2) is 0 Å².